The lowest BCUT2D eigenvalue weighted by molar-refractivity contribution is 0.102. The molecule has 0 fully saturated rings. The van der Waals surface area contributed by atoms with Gasteiger partial charge < -0.3 is 15.8 Å². The monoisotopic (exact) mass is 295 g/mol. The predicted octanol–water partition coefficient (Wildman–Crippen LogP) is 2.72. The average molecular weight is 296 g/mol. The number of ether oxygens (including phenoxy) is 1. The van der Waals surface area contributed by atoms with Crippen LogP contribution in [0.2, 0.25) is 5.15 Å². The number of nitrogens with zero attached hydrogens (tertiary/aromatic N) is 1. The van der Waals surface area contributed by atoms with Gasteiger partial charge in [-0.2, -0.15) is 0 Å². The van der Waals surface area contributed by atoms with Gasteiger partial charge in [0, 0.05) is 17.3 Å². The Morgan fingerprint density at radius 2 is 2.15 bits per heavy atom. The molecule has 7 heteroatoms. The number of carbonyl (C=O) groups excluding carboxylic acids is 1. The van der Waals surface area contributed by atoms with Crippen molar-refractivity contribution in [3.8, 4) is 5.75 Å². The normalized spacial score (nSPS) is 10.2. The van der Waals surface area contributed by atoms with Crippen LogP contribution in [-0.2, 0) is 0 Å². The fraction of sp³-hybridized carbons (Fsp3) is 0.0769. The predicted molar refractivity (Wildman–Crippen MR) is 74.6 cm³/mol. The van der Waals surface area contributed by atoms with Gasteiger partial charge in [-0.3, -0.25) is 4.79 Å². The van der Waals surface area contributed by atoms with Gasteiger partial charge in [0.15, 0.2) is 11.6 Å². The molecule has 0 spiro atoms. The maximum Gasteiger partial charge on any atom is 0.255 e. The van der Waals surface area contributed by atoms with Crippen LogP contribution in [0.4, 0.5) is 15.9 Å². The van der Waals surface area contributed by atoms with E-state index in [-0.39, 0.29) is 22.3 Å². The standard InChI is InChI=1S/C13H11ClFN3O2/c1-20-10-3-2-8(6-9(10)15)17-13(19)7-4-11(14)18-12(16)5-7/h2-6H,1H3,(H2,16,18)(H,17,19). The van der Waals surface area contributed by atoms with Crippen LogP contribution in [0.5, 0.6) is 5.75 Å². The van der Waals surface area contributed by atoms with Crippen molar-refractivity contribution >= 4 is 29.0 Å². The molecule has 0 aliphatic carbocycles. The van der Waals surface area contributed by atoms with Crippen molar-refractivity contribution in [1.82, 2.24) is 4.98 Å². The Morgan fingerprint density at radius 3 is 2.75 bits per heavy atom. The first kappa shape index (κ1) is 14.1. The molecule has 0 atom stereocenters. The molecule has 0 saturated carbocycles. The molecule has 20 heavy (non-hydrogen) atoms. The molecule has 104 valence electrons. The van der Waals surface area contributed by atoms with Crippen molar-refractivity contribution in [3.05, 3.63) is 46.9 Å². The number of hydrogen-bond donors (Lipinski definition) is 2. The number of rotatable bonds is 3. The summed E-state index contributed by atoms with van der Waals surface area (Å²) in [6.07, 6.45) is 0. The van der Waals surface area contributed by atoms with E-state index in [9.17, 15) is 9.18 Å². The highest BCUT2D eigenvalue weighted by Gasteiger charge is 2.10. The van der Waals surface area contributed by atoms with Crippen LogP contribution < -0.4 is 15.8 Å². The van der Waals surface area contributed by atoms with Crippen LogP contribution >= 0.6 is 11.6 Å². The minimum Gasteiger partial charge on any atom is -0.494 e. The zero-order valence-electron chi connectivity index (χ0n) is 10.5. The second-order valence-corrected chi connectivity index (χ2v) is 4.29. The number of nitrogens with one attached hydrogen (secondary N) is 1. The highest BCUT2D eigenvalue weighted by Crippen LogP contribution is 2.21. The Morgan fingerprint density at radius 1 is 1.40 bits per heavy atom. The first-order valence-corrected chi connectivity index (χ1v) is 5.95. The number of halogens is 2. The third kappa shape index (κ3) is 3.16. The quantitative estimate of drug-likeness (QED) is 0.854. The van der Waals surface area contributed by atoms with Crippen molar-refractivity contribution in [1.29, 1.82) is 0 Å². The number of hydrogen-bond acceptors (Lipinski definition) is 4. The maximum absolute atomic E-state index is 13.5. The second-order valence-electron chi connectivity index (χ2n) is 3.91. The van der Waals surface area contributed by atoms with Crippen molar-refractivity contribution in [3.63, 3.8) is 0 Å². The number of aromatic nitrogens is 1. The fourth-order valence-corrected chi connectivity index (χ4v) is 1.81. The lowest BCUT2D eigenvalue weighted by Crippen LogP contribution is -2.13. The van der Waals surface area contributed by atoms with Crippen LogP contribution in [0.15, 0.2) is 30.3 Å². The number of carbonyl (C=O) groups is 1. The van der Waals surface area contributed by atoms with E-state index in [2.05, 4.69) is 10.3 Å². The summed E-state index contributed by atoms with van der Waals surface area (Å²) in [6, 6.07) is 6.84. The molecule has 3 N–H and O–H groups in total. The van der Waals surface area contributed by atoms with Gasteiger partial charge in [-0.15, -0.1) is 0 Å². The summed E-state index contributed by atoms with van der Waals surface area (Å²) >= 11 is 5.71. The number of nitrogens with two attached hydrogens (primary N) is 1. The number of pyridine rings is 1. The molecule has 0 bridgehead atoms. The summed E-state index contributed by atoms with van der Waals surface area (Å²) in [4.78, 5) is 15.7. The summed E-state index contributed by atoms with van der Waals surface area (Å²) < 4.78 is 18.3. The van der Waals surface area contributed by atoms with Gasteiger partial charge in [0.25, 0.3) is 5.91 Å². The minimum absolute atomic E-state index is 0.0965. The van der Waals surface area contributed by atoms with Gasteiger partial charge in [0.1, 0.15) is 11.0 Å². The lowest BCUT2D eigenvalue weighted by atomic mass is 10.2. The molecule has 1 aromatic heterocycles. The van der Waals surface area contributed by atoms with Crippen LogP contribution in [0.3, 0.4) is 0 Å². The smallest absolute Gasteiger partial charge is 0.255 e. The molecule has 1 heterocycles. The summed E-state index contributed by atoms with van der Waals surface area (Å²) in [5, 5.41) is 2.64. The van der Waals surface area contributed by atoms with Crippen molar-refractivity contribution in [2.75, 3.05) is 18.2 Å². The van der Waals surface area contributed by atoms with Gasteiger partial charge >= 0.3 is 0 Å². The molecule has 2 rings (SSSR count). The summed E-state index contributed by atoms with van der Waals surface area (Å²) in [7, 11) is 1.36. The van der Waals surface area contributed by atoms with Crippen LogP contribution in [-0.4, -0.2) is 18.0 Å². The van der Waals surface area contributed by atoms with E-state index in [1.54, 1.807) is 0 Å². The third-order valence-electron chi connectivity index (χ3n) is 2.49. The Hall–Kier alpha value is -2.34. The van der Waals surface area contributed by atoms with E-state index >= 15 is 0 Å². The molecule has 5 nitrogen and oxygen atoms in total. The first-order chi connectivity index (χ1) is 9.49. The van der Waals surface area contributed by atoms with E-state index in [0.29, 0.717) is 5.69 Å². The van der Waals surface area contributed by atoms with Gasteiger partial charge in [-0.05, 0) is 24.3 Å². The van der Waals surface area contributed by atoms with E-state index in [0.717, 1.165) is 6.07 Å². The molecule has 1 amide bonds. The molecule has 0 aliphatic rings. The molecule has 0 unspecified atom stereocenters. The van der Waals surface area contributed by atoms with E-state index < -0.39 is 11.7 Å². The molecule has 2 aromatic rings. The Balaban J connectivity index is 2.21. The van der Waals surface area contributed by atoms with Gasteiger partial charge in [0.2, 0.25) is 0 Å². The minimum atomic E-state index is -0.572. The molecular formula is C13H11ClFN3O2. The maximum atomic E-state index is 13.5. The molecule has 0 saturated heterocycles. The highest BCUT2D eigenvalue weighted by molar-refractivity contribution is 6.30. The molecular weight excluding hydrogens is 285 g/mol. The van der Waals surface area contributed by atoms with Crippen LogP contribution in [0.1, 0.15) is 10.4 Å². The van der Waals surface area contributed by atoms with Gasteiger partial charge in [0.05, 0.1) is 7.11 Å². The number of methoxy groups -OCH3 is 1. The lowest BCUT2D eigenvalue weighted by Gasteiger charge is -2.08. The topological polar surface area (TPSA) is 77.2 Å². The SMILES string of the molecule is COc1ccc(NC(=O)c2cc(N)nc(Cl)c2)cc1F. The third-order valence-corrected chi connectivity index (χ3v) is 2.68. The number of anilines is 2. The fourth-order valence-electron chi connectivity index (χ4n) is 1.60. The zero-order valence-corrected chi connectivity index (χ0v) is 11.2. The molecule has 1 aromatic carbocycles. The highest BCUT2D eigenvalue weighted by atomic mass is 35.5. The Labute approximate surface area is 119 Å². The Bertz CT molecular complexity index is 644. The zero-order chi connectivity index (χ0) is 14.7. The number of benzene rings is 1. The van der Waals surface area contributed by atoms with E-state index in [1.165, 1.54) is 31.4 Å². The summed E-state index contributed by atoms with van der Waals surface area (Å²) in [5.74, 6) is -0.814. The molecule has 0 radical (unpaired) electrons. The second kappa shape index (κ2) is 5.75. The number of nitrogen functional groups attached to an aromatic ring is 1. The summed E-state index contributed by atoms with van der Waals surface area (Å²) in [6.45, 7) is 0. The van der Waals surface area contributed by atoms with Crippen molar-refractivity contribution in [2.45, 2.75) is 0 Å². The summed E-state index contributed by atoms with van der Waals surface area (Å²) in [5.41, 5.74) is 6.03. The van der Waals surface area contributed by atoms with Crippen molar-refractivity contribution in [2.24, 2.45) is 0 Å². The molecule has 0 aliphatic heterocycles. The van der Waals surface area contributed by atoms with Gasteiger partial charge in [-0.1, -0.05) is 11.6 Å². The van der Waals surface area contributed by atoms with E-state index in [1.807, 2.05) is 0 Å². The largest absolute Gasteiger partial charge is 0.494 e. The van der Waals surface area contributed by atoms with Crippen LogP contribution in [0.25, 0.3) is 0 Å². The van der Waals surface area contributed by atoms with Crippen molar-refractivity contribution < 1.29 is 13.9 Å². The number of amides is 1. The van der Waals surface area contributed by atoms with Gasteiger partial charge in [-0.25, -0.2) is 9.37 Å². The van der Waals surface area contributed by atoms with E-state index in [4.69, 9.17) is 22.1 Å². The Kier molecular flexibility index (Phi) is 4.05. The first-order valence-electron chi connectivity index (χ1n) is 5.57. The van der Waals surface area contributed by atoms with Crippen LogP contribution in [0, 0.1) is 5.82 Å². The average Bonchev–Trinajstić information content (AvgIpc) is 2.37.